The number of rotatable bonds is 8. The number of hydrogen-bond acceptors (Lipinski definition) is 4. The third-order valence-corrected chi connectivity index (χ3v) is 3.30. The van der Waals surface area contributed by atoms with Gasteiger partial charge in [-0.1, -0.05) is 26.2 Å². The van der Waals surface area contributed by atoms with E-state index in [0.29, 0.717) is 12.1 Å². The van der Waals surface area contributed by atoms with Gasteiger partial charge in [0, 0.05) is 11.8 Å². The SMILES string of the molecule is CCCCCC(CO)NC(=O)/C=C/c1c(C)[nH]c(=O)[nH]c1=O. The quantitative estimate of drug-likeness (QED) is 0.412. The van der Waals surface area contributed by atoms with E-state index in [2.05, 4.69) is 22.2 Å². The lowest BCUT2D eigenvalue weighted by atomic mass is 10.1. The molecule has 122 valence electrons. The number of aryl methyl sites for hydroxylation is 1. The van der Waals surface area contributed by atoms with Gasteiger partial charge < -0.3 is 15.4 Å². The van der Waals surface area contributed by atoms with Gasteiger partial charge in [0.2, 0.25) is 5.91 Å². The number of amides is 1. The van der Waals surface area contributed by atoms with Crippen LogP contribution in [0.4, 0.5) is 0 Å². The maximum atomic E-state index is 11.8. The number of aromatic amines is 2. The van der Waals surface area contributed by atoms with E-state index in [1.54, 1.807) is 6.92 Å². The number of nitrogens with one attached hydrogen (secondary N) is 3. The van der Waals surface area contributed by atoms with Crippen molar-refractivity contribution in [1.29, 1.82) is 0 Å². The first-order chi connectivity index (χ1) is 10.5. The van der Waals surface area contributed by atoms with Gasteiger partial charge >= 0.3 is 5.69 Å². The number of aliphatic hydroxyl groups excluding tert-OH is 1. The van der Waals surface area contributed by atoms with Gasteiger partial charge in [0.1, 0.15) is 0 Å². The third kappa shape index (κ3) is 5.69. The lowest BCUT2D eigenvalue weighted by Crippen LogP contribution is -2.36. The fourth-order valence-electron chi connectivity index (χ4n) is 2.07. The Labute approximate surface area is 128 Å². The second kappa shape index (κ2) is 8.99. The maximum Gasteiger partial charge on any atom is 0.325 e. The first-order valence-corrected chi connectivity index (χ1v) is 7.40. The van der Waals surface area contributed by atoms with Crippen LogP contribution in [0.3, 0.4) is 0 Å². The molecular weight excluding hydrogens is 286 g/mol. The van der Waals surface area contributed by atoms with E-state index in [1.807, 2.05) is 0 Å². The molecule has 1 aromatic heterocycles. The minimum atomic E-state index is -0.583. The predicted octanol–water partition coefficient (Wildman–Crippen LogP) is 0.442. The van der Waals surface area contributed by atoms with Crippen molar-refractivity contribution in [3.05, 3.63) is 38.2 Å². The van der Waals surface area contributed by atoms with Gasteiger partial charge in [-0.2, -0.15) is 0 Å². The highest BCUT2D eigenvalue weighted by atomic mass is 16.3. The molecule has 7 heteroatoms. The van der Waals surface area contributed by atoms with E-state index in [0.717, 1.165) is 19.3 Å². The molecule has 0 spiro atoms. The summed E-state index contributed by atoms with van der Waals surface area (Å²) in [5.41, 5.74) is -0.520. The van der Waals surface area contributed by atoms with Crippen LogP contribution < -0.4 is 16.6 Å². The predicted molar refractivity (Wildman–Crippen MR) is 84.6 cm³/mol. The zero-order chi connectivity index (χ0) is 16.5. The molecule has 0 aliphatic carbocycles. The molecule has 0 aliphatic heterocycles. The molecule has 1 amide bonds. The minimum absolute atomic E-state index is 0.123. The topological polar surface area (TPSA) is 115 Å². The Kier molecular flexibility index (Phi) is 7.31. The molecule has 1 atom stereocenters. The smallest absolute Gasteiger partial charge is 0.325 e. The van der Waals surface area contributed by atoms with E-state index in [-0.39, 0.29) is 24.1 Å². The van der Waals surface area contributed by atoms with Crippen LogP contribution in [0.1, 0.15) is 43.9 Å². The van der Waals surface area contributed by atoms with Crippen molar-refractivity contribution in [2.24, 2.45) is 0 Å². The van der Waals surface area contributed by atoms with Crippen molar-refractivity contribution < 1.29 is 9.90 Å². The maximum absolute atomic E-state index is 11.8. The molecule has 7 nitrogen and oxygen atoms in total. The molecule has 1 heterocycles. The van der Waals surface area contributed by atoms with Crippen LogP contribution in [-0.2, 0) is 4.79 Å². The minimum Gasteiger partial charge on any atom is -0.394 e. The number of H-pyrrole nitrogens is 2. The van der Waals surface area contributed by atoms with Crippen molar-refractivity contribution in [1.82, 2.24) is 15.3 Å². The summed E-state index contributed by atoms with van der Waals surface area (Å²) in [5.74, 6) is -0.388. The Balaban J connectivity index is 2.68. The summed E-state index contributed by atoms with van der Waals surface area (Å²) in [5, 5.41) is 11.9. The molecule has 1 unspecified atom stereocenters. The van der Waals surface area contributed by atoms with Crippen molar-refractivity contribution >= 4 is 12.0 Å². The second-order valence-electron chi connectivity index (χ2n) is 5.16. The Morgan fingerprint density at radius 1 is 1.32 bits per heavy atom. The largest absolute Gasteiger partial charge is 0.394 e. The second-order valence-corrected chi connectivity index (χ2v) is 5.16. The van der Waals surface area contributed by atoms with Gasteiger partial charge in [0.15, 0.2) is 0 Å². The number of hydrogen-bond donors (Lipinski definition) is 4. The highest BCUT2D eigenvalue weighted by molar-refractivity contribution is 5.91. The summed E-state index contributed by atoms with van der Waals surface area (Å²) in [7, 11) is 0. The van der Waals surface area contributed by atoms with Gasteiger partial charge in [-0.25, -0.2) is 4.79 Å². The lowest BCUT2D eigenvalue weighted by molar-refractivity contribution is -0.117. The van der Waals surface area contributed by atoms with Crippen LogP contribution in [0.15, 0.2) is 15.7 Å². The summed E-state index contributed by atoms with van der Waals surface area (Å²) in [6.45, 7) is 3.54. The lowest BCUT2D eigenvalue weighted by Gasteiger charge is -2.14. The van der Waals surface area contributed by atoms with Crippen LogP contribution in [-0.4, -0.2) is 33.6 Å². The van der Waals surface area contributed by atoms with Crippen LogP contribution in [0.5, 0.6) is 0 Å². The van der Waals surface area contributed by atoms with Crippen molar-refractivity contribution in [3.63, 3.8) is 0 Å². The molecule has 0 fully saturated rings. The zero-order valence-electron chi connectivity index (χ0n) is 12.9. The van der Waals surface area contributed by atoms with E-state index in [1.165, 1.54) is 12.2 Å². The molecule has 0 radical (unpaired) electrons. The van der Waals surface area contributed by atoms with Gasteiger partial charge in [-0.05, 0) is 19.4 Å². The molecule has 0 bridgehead atoms. The molecule has 0 aliphatic rings. The number of unbranched alkanes of at least 4 members (excludes halogenated alkanes) is 2. The number of carbonyl (C=O) groups excluding carboxylic acids is 1. The zero-order valence-corrected chi connectivity index (χ0v) is 12.9. The molecule has 22 heavy (non-hydrogen) atoms. The van der Waals surface area contributed by atoms with Gasteiger partial charge in [-0.15, -0.1) is 0 Å². The average molecular weight is 309 g/mol. The van der Waals surface area contributed by atoms with Crippen molar-refractivity contribution in [3.8, 4) is 0 Å². The Bertz CT molecular complexity index is 630. The van der Waals surface area contributed by atoms with Gasteiger partial charge in [-0.3, -0.25) is 14.6 Å². The third-order valence-electron chi connectivity index (χ3n) is 3.30. The Hall–Kier alpha value is -2.15. The summed E-state index contributed by atoms with van der Waals surface area (Å²) >= 11 is 0. The summed E-state index contributed by atoms with van der Waals surface area (Å²) in [4.78, 5) is 39.1. The molecule has 1 aromatic rings. The number of carbonyl (C=O) groups is 1. The molecule has 0 aromatic carbocycles. The number of aliphatic hydroxyl groups is 1. The fourth-order valence-corrected chi connectivity index (χ4v) is 2.07. The van der Waals surface area contributed by atoms with Crippen molar-refractivity contribution in [2.75, 3.05) is 6.61 Å². The summed E-state index contributed by atoms with van der Waals surface area (Å²) in [6, 6.07) is -0.293. The standard InChI is InChI=1S/C15H23N3O4/c1-3-4-5-6-11(9-19)17-13(20)8-7-12-10(2)16-15(22)18-14(12)21/h7-8,11,19H,3-6,9H2,1-2H3,(H,17,20)(H2,16,18,21,22)/b8-7+. The van der Waals surface area contributed by atoms with E-state index < -0.39 is 11.2 Å². The molecule has 1 rings (SSSR count). The summed E-state index contributed by atoms with van der Waals surface area (Å²) < 4.78 is 0. The monoisotopic (exact) mass is 309 g/mol. The molecule has 4 N–H and O–H groups in total. The first-order valence-electron chi connectivity index (χ1n) is 7.40. The molecule has 0 saturated carbocycles. The van der Waals surface area contributed by atoms with E-state index >= 15 is 0 Å². The summed E-state index contributed by atoms with van der Waals surface area (Å²) in [6.07, 6.45) is 6.33. The highest BCUT2D eigenvalue weighted by Crippen LogP contribution is 2.03. The van der Waals surface area contributed by atoms with Gasteiger partial charge in [0.25, 0.3) is 5.56 Å². The van der Waals surface area contributed by atoms with Crippen LogP contribution >= 0.6 is 0 Å². The number of aromatic nitrogens is 2. The molecule has 0 saturated heterocycles. The fraction of sp³-hybridized carbons (Fsp3) is 0.533. The first kappa shape index (κ1) is 17.9. The Morgan fingerprint density at radius 2 is 2.05 bits per heavy atom. The van der Waals surface area contributed by atoms with Crippen LogP contribution in [0.25, 0.3) is 6.08 Å². The normalized spacial score (nSPS) is 12.5. The molecular formula is C15H23N3O4. The van der Waals surface area contributed by atoms with E-state index in [4.69, 9.17) is 0 Å². The van der Waals surface area contributed by atoms with Crippen LogP contribution in [0, 0.1) is 6.92 Å². The van der Waals surface area contributed by atoms with Crippen molar-refractivity contribution in [2.45, 2.75) is 45.6 Å². The Morgan fingerprint density at radius 3 is 2.64 bits per heavy atom. The van der Waals surface area contributed by atoms with Crippen LogP contribution in [0.2, 0.25) is 0 Å². The highest BCUT2D eigenvalue weighted by Gasteiger charge is 2.09. The van der Waals surface area contributed by atoms with Gasteiger partial charge in [0.05, 0.1) is 18.2 Å². The van der Waals surface area contributed by atoms with E-state index in [9.17, 15) is 19.5 Å². The average Bonchev–Trinajstić information content (AvgIpc) is 2.45.